The van der Waals surface area contributed by atoms with Crippen molar-refractivity contribution in [2.24, 2.45) is 0 Å². The van der Waals surface area contributed by atoms with Crippen LogP contribution in [0.4, 0.5) is 11.9 Å². The molecular weight excluding hydrogens is 248 g/mol. The molecule has 4 N–H and O–H groups in total. The molecule has 8 heteroatoms. The van der Waals surface area contributed by atoms with Gasteiger partial charge >= 0.3 is 6.01 Å². The number of nitrogens with one attached hydrogen (secondary N) is 2. The number of aromatic nitrogens is 3. The molecule has 1 aliphatic heterocycles. The van der Waals surface area contributed by atoms with E-state index in [1.807, 2.05) is 13.8 Å². The third kappa shape index (κ3) is 3.94. The van der Waals surface area contributed by atoms with E-state index < -0.39 is 0 Å². The number of hydrogen-bond acceptors (Lipinski definition) is 7. The number of ether oxygens (including phenoxy) is 1. The van der Waals surface area contributed by atoms with E-state index in [9.17, 15) is 4.79 Å². The number of amides is 1. The van der Waals surface area contributed by atoms with Gasteiger partial charge in [0.15, 0.2) is 0 Å². The molecular formula is C11H18N6O2. The van der Waals surface area contributed by atoms with Crippen molar-refractivity contribution in [3.63, 3.8) is 0 Å². The van der Waals surface area contributed by atoms with Crippen LogP contribution in [0, 0.1) is 0 Å². The topological polar surface area (TPSA) is 115 Å². The van der Waals surface area contributed by atoms with Gasteiger partial charge in [-0.3, -0.25) is 4.79 Å². The summed E-state index contributed by atoms with van der Waals surface area (Å²) in [6, 6.07) is 0.292. The average molecular weight is 266 g/mol. The number of carbonyl (C=O) groups is 1. The molecule has 1 aliphatic rings. The summed E-state index contributed by atoms with van der Waals surface area (Å²) in [5.41, 5.74) is 5.59. The number of rotatable bonds is 5. The molecule has 0 aromatic carbocycles. The predicted octanol–water partition coefficient (Wildman–Crippen LogP) is -0.0685. The Bertz CT molecular complexity index is 464. The highest BCUT2D eigenvalue weighted by Gasteiger charge is 2.20. The van der Waals surface area contributed by atoms with E-state index >= 15 is 0 Å². The lowest BCUT2D eigenvalue weighted by Gasteiger charge is -2.12. The lowest BCUT2D eigenvalue weighted by Crippen LogP contribution is -2.32. The van der Waals surface area contributed by atoms with Crippen LogP contribution in [-0.4, -0.2) is 39.5 Å². The third-order valence-corrected chi connectivity index (χ3v) is 2.56. The highest BCUT2D eigenvalue weighted by atomic mass is 16.5. The van der Waals surface area contributed by atoms with Crippen molar-refractivity contribution in [2.45, 2.75) is 38.8 Å². The quantitative estimate of drug-likeness (QED) is 0.683. The highest BCUT2D eigenvalue weighted by Crippen LogP contribution is 2.12. The maximum atomic E-state index is 11.1. The predicted molar refractivity (Wildman–Crippen MR) is 69.7 cm³/mol. The van der Waals surface area contributed by atoms with Crippen LogP contribution in [-0.2, 0) is 4.79 Å². The summed E-state index contributed by atoms with van der Waals surface area (Å²) in [6.07, 6.45) is 1.33. The Morgan fingerprint density at radius 2 is 2.26 bits per heavy atom. The van der Waals surface area contributed by atoms with E-state index in [1.165, 1.54) is 0 Å². The van der Waals surface area contributed by atoms with Crippen LogP contribution in [0.5, 0.6) is 6.01 Å². The molecule has 2 heterocycles. The number of hydrogen-bond donors (Lipinski definition) is 3. The summed E-state index contributed by atoms with van der Waals surface area (Å²) < 4.78 is 5.37. The summed E-state index contributed by atoms with van der Waals surface area (Å²) in [4.78, 5) is 23.0. The van der Waals surface area contributed by atoms with E-state index in [-0.39, 0.29) is 30.0 Å². The van der Waals surface area contributed by atoms with Crippen molar-refractivity contribution < 1.29 is 9.53 Å². The summed E-state index contributed by atoms with van der Waals surface area (Å²) in [6.45, 7) is 4.30. The fourth-order valence-electron chi connectivity index (χ4n) is 1.76. The minimum Gasteiger partial charge on any atom is -0.461 e. The number of nitrogen functional groups attached to an aromatic ring is 1. The maximum Gasteiger partial charge on any atom is 0.323 e. The minimum atomic E-state index is -0.0382. The van der Waals surface area contributed by atoms with Crippen molar-refractivity contribution in [1.82, 2.24) is 20.3 Å². The van der Waals surface area contributed by atoms with Crippen LogP contribution in [0.3, 0.4) is 0 Å². The van der Waals surface area contributed by atoms with E-state index in [2.05, 4.69) is 25.6 Å². The summed E-state index contributed by atoms with van der Waals surface area (Å²) in [7, 11) is 0. The lowest BCUT2D eigenvalue weighted by molar-refractivity contribution is -0.119. The van der Waals surface area contributed by atoms with Crippen LogP contribution in [0.15, 0.2) is 0 Å². The largest absolute Gasteiger partial charge is 0.461 e. The Morgan fingerprint density at radius 1 is 1.47 bits per heavy atom. The second-order valence-corrected chi connectivity index (χ2v) is 4.65. The Labute approximate surface area is 111 Å². The first kappa shape index (κ1) is 13.3. The molecule has 0 radical (unpaired) electrons. The van der Waals surface area contributed by atoms with Crippen LogP contribution in [0.1, 0.15) is 26.7 Å². The molecule has 1 amide bonds. The van der Waals surface area contributed by atoms with Crippen LogP contribution >= 0.6 is 0 Å². The van der Waals surface area contributed by atoms with Gasteiger partial charge < -0.3 is 21.1 Å². The fraction of sp³-hybridized carbons (Fsp3) is 0.636. The van der Waals surface area contributed by atoms with Crippen molar-refractivity contribution in [2.75, 3.05) is 17.6 Å². The minimum absolute atomic E-state index is 0.0382. The normalized spacial score (nSPS) is 18.5. The monoisotopic (exact) mass is 266 g/mol. The number of carbonyl (C=O) groups excluding carboxylic acids is 1. The standard InChI is InChI=1S/C11H18N6O2/c1-6(2)19-11-16-9(12)15-10(17-11)13-5-7-3-4-8(18)14-7/h6-7H,3-5H2,1-2H3,(H,14,18)(H3,12,13,15,16,17). The second kappa shape index (κ2) is 5.68. The van der Waals surface area contributed by atoms with Crippen LogP contribution < -0.4 is 21.1 Å². The Balaban J connectivity index is 1.95. The Hall–Kier alpha value is -2.12. The summed E-state index contributed by atoms with van der Waals surface area (Å²) in [5, 5.41) is 5.88. The fourth-order valence-corrected chi connectivity index (χ4v) is 1.76. The molecule has 1 aromatic rings. The van der Waals surface area contributed by atoms with Crippen molar-refractivity contribution in [1.29, 1.82) is 0 Å². The van der Waals surface area contributed by atoms with E-state index in [4.69, 9.17) is 10.5 Å². The van der Waals surface area contributed by atoms with Gasteiger partial charge in [-0.15, -0.1) is 0 Å². The van der Waals surface area contributed by atoms with Gasteiger partial charge in [0.2, 0.25) is 17.8 Å². The van der Waals surface area contributed by atoms with Gasteiger partial charge in [0.25, 0.3) is 0 Å². The van der Waals surface area contributed by atoms with Gasteiger partial charge in [-0.05, 0) is 20.3 Å². The zero-order valence-corrected chi connectivity index (χ0v) is 11.0. The van der Waals surface area contributed by atoms with Gasteiger partial charge in [-0.1, -0.05) is 0 Å². The Morgan fingerprint density at radius 3 is 2.89 bits per heavy atom. The second-order valence-electron chi connectivity index (χ2n) is 4.65. The van der Waals surface area contributed by atoms with Gasteiger partial charge in [0.05, 0.1) is 6.10 Å². The Kier molecular flexibility index (Phi) is 3.98. The maximum absolute atomic E-state index is 11.1. The van der Waals surface area contributed by atoms with Gasteiger partial charge in [0, 0.05) is 19.0 Å². The molecule has 0 saturated carbocycles. The molecule has 1 unspecified atom stereocenters. The van der Waals surface area contributed by atoms with E-state index in [1.54, 1.807) is 0 Å². The first-order valence-electron chi connectivity index (χ1n) is 6.24. The molecule has 1 aromatic heterocycles. The first-order valence-corrected chi connectivity index (χ1v) is 6.24. The first-order chi connectivity index (χ1) is 9.02. The molecule has 8 nitrogen and oxygen atoms in total. The molecule has 104 valence electrons. The van der Waals surface area contributed by atoms with E-state index in [0.29, 0.717) is 18.9 Å². The van der Waals surface area contributed by atoms with Gasteiger partial charge in [0.1, 0.15) is 0 Å². The lowest BCUT2D eigenvalue weighted by atomic mass is 10.2. The summed E-state index contributed by atoms with van der Waals surface area (Å²) >= 11 is 0. The third-order valence-electron chi connectivity index (χ3n) is 2.56. The summed E-state index contributed by atoms with van der Waals surface area (Å²) in [5.74, 6) is 0.527. The number of anilines is 2. The van der Waals surface area contributed by atoms with E-state index in [0.717, 1.165) is 6.42 Å². The molecule has 0 spiro atoms. The zero-order valence-electron chi connectivity index (χ0n) is 11.0. The molecule has 1 atom stereocenters. The van der Waals surface area contributed by atoms with Crippen molar-refractivity contribution in [3.05, 3.63) is 0 Å². The highest BCUT2D eigenvalue weighted by molar-refractivity contribution is 5.78. The molecule has 0 aliphatic carbocycles. The zero-order chi connectivity index (χ0) is 13.8. The molecule has 19 heavy (non-hydrogen) atoms. The molecule has 1 saturated heterocycles. The van der Waals surface area contributed by atoms with Crippen LogP contribution in [0.25, 0.3) is 0 Å². The van der Waals surface area contributed by atoms with Crippen molar-refractivity contribution in [3.8, 4) is 6.01 Å². The molecule has 1 fully saturated rings. The van der Waals surface area contributed by atoms with Gasteiger partial charge in [-0.25, -0.2) is 0 Å². The van der Waals surface area contributed by atoms with Gasteiger partial charge in [-0.2, -0.15) is 15.0 Å². The molecule has 0 bridgehead atoms. The number of nitrogens with zero attached hydrogens (tertiary/aromatic N) is 3. The molecule has 2 rings (SSSR count). The smallest absolute Gasteiger partial charge is 0.323 e. The van der Waals surface area contributed by atoms with Crippen LogP contribution in [0.2, 0.25) is 0 Å². The average Bonchev–Trinajstić information content (AvgIpc) is 2.71. The van der Waals surface area contributed by atoms with Crippen molar-refractivity contribution >= 4 is 17.8 Å². The number of nitrogens with two attached hydrogens (primary N) is 1. The SMILES string of the molecule is CC(C)Oc1nc(N)nc(NCC2CCC(=O)N2)n1.